The van der Waals surface area contributed by atoms with Crippen molar-refractivity contribution in [1.82, 2.24) is 19.5 Å². The highest BCUT2D eigenvalue weighted by Gasteiger charge is 2.31. The van der Waals surface area contributed by atoms with Crippen LogP contribution in [0, 0.1) is 0 Å². The molecule has 0 bridgehead atoms. The molecule has 0 spiro atoms. The predicted molar refractivity (Wildman–Crippen MR) is 101 cm³/mol. The highest BCUT2D eigenvalue weighted by atomic mass is 32.1. The van der Waals surface area contributed by atoms with Gasteiger partial charge in [-0.2, -0.15) is 9.61 Å². The van der Waals surface area contributed by atoms with Gasteiger partial charge in [-0.1, -0.05) is 37.3 Å². The van der Waals surface area contributed by atoms with Crippen LogP contribution in [-0.2, 0) is 0 Å². The lowest BCUT2D eigenvalue weighted by Crippen LogP contribution is -2.29. The maximum atomic E-state index is 10.8. The van der Waals surface area contributed by atoms with E-state index in [-0.39, 0.29) is 11.9 Å². The molecule has 8 heteroatoms. The second-order valence-corrected chi connectivity index (χ2v) is 6.69. The lowest BCUT2D eigenvalue weighted by Gasteiger charge is -2.30. The Morgan fingerprint density at radius 3 is 2.65 bits per heavy atom. The molecule has 1 N–H and O–H groups in total. The van der Waals surface area contributed by atoms with Gasteiger partial charge in [0.2, 0.25) is 10.8 Å². The second kappa shape index (κ2) is 7.92. The van der Waals surface area contributed by atoms with E-state index in [1.54, 1.807) is 7.11 Å². The maximum absolute atomic E-state index is 10.8. The van der Waals surface area contributed by atoms with Crippen molar-refractivity contribution in [3.8, 4) is 17.4 Å². The number of benzene rings is 1. The molecule has 140 valence electrons. The molecule has 0 radical (unpaired) electrons. The zero-order valence-corrected chi connectivity index (χ0v) is 16.3. The number of rotatable bonds is 8. The van der Waals surface area contributed by atoms with E-state index in [0.29, 0.717) is 23.1 Å². The first-order valence-electron chi connectivity index (χ1n) is 8.71. The van der Waals surface area contributed by atoms with Crippen LogP contribution in [0.2, 0.25) is 0 Å². The third-order valence-corrected chi connectivity index (χ3v) is 5.46. The molecule has 0 amide bonds. The number of fused-ring (bicyclic) bond motifs is 1. The molecule has 0 aliphatic carbocycles. The van der Waals surface area contributed by atoms with E-state index < -0.39 is 0 Å². The Hall–Kier alpha value is -2.32. The summed E-state index contributed by atoms with van der Waals surface area (Å²) in [5.74, 6) is 1.50. The van der Waals surface area contributed by atoms with Gasteiger partial charge in [0, 0.05) is 5.56 Å². The SMILES string of the molecule is CCOc1c(OC)cccc1C(c1sc2ncnn2c1O)N(CC)CC. The summed E-state index contributed by atoms with van der Waals surface area (Å²) in [5.41, 5.74) is 0.953. The summed E-state index contributed by atoms with van der Waals surface area (Å²) in [7, 11) is 1.63. The van der Waals surface area contributed by atoms with Crippen molar-refractivity contribution in [3.63, 3.8) is 0 Å². The fraction of sp³-hybridized carbons (Fsp3) is 0.444. The molecule has 1 unspecified atom stereocenters. The average Bonchev–Trinajstić information content (AvgIpc) is 3.23. The lowest BCUT2D eigenvalue weighted by molar-refractivity contribution is 0.236. The number of hydrogen-bond acceptors (Lipinski definition) is 7. The summed E-state index contributed by atoms with van der Waals surface area (Å²) in [6.07, 6.45) is 1.44. The Kier molecular flexibility index (Phi) is 5.63. The Labute approximate surface area is 156 Å². The molecule has 7 nitrogen and oxygen atoms in total. The Balaban J connectivity index is 2.22. The van der Waals surface area contributed by atoms with Gasteiger partial charge in [0.15, 0.2) is 11.5 Å². The van der Waals surface area contributed by atoms with E-state index in [4.69, 9.17) is 9.47 Å². The largest absolute Gasteiger partial charge is 0.493 e. The zero-order chi connectivity index (χ0) is 18.7. The number of hydrogen-bond donors (Lipinski definition) is 1. The topological polar surface area (TPSA) is 72.1 Å². The average molecular weight is 376 g/mol. The minimum Gasteiger partial charge on any atom is -0.493 e. The summed E-state index contributed by atoms with van der Waals surface area (Å²) in [5, 5.41) is 14.9. The first-order valence-corrected chi connectivity index (χ1v) is 9.52. The summed E-state index contributed by atoms with van der Waals surface area (Å²) < 4.78 is 12.9. The number of ether oxygens (including phenoxy) is 2. The van der Waals surface area contributed by atoms with Crippen LogP contribution in [0.25, 0.3) is 4.96 Å². The van der Waals surface area contributed by atoms with Gasteiger partial charge in [0.1, 0.15) is 6.33 Å². The van der Waals surface area contributed by atoms with Crippen LogP contribution >= 0.6 is 11.3 Å². The Morgan fingerprint density at radius 1 is 1.27 bits per heavy atom. The third kappa shape index (κ3) is 3.10. The normalized spacial score (nSPS) is 12.7. The first-order chi connectivity index (χ1) is 12.7. The van der Waals surface area contributed by atoms with E-state index in [0.717, 1.165) is 23.5 Å². The summed E-state index contributed by atoms with van der Waals surface area (Å²) >= 11 is 1.43. The molecule has 1 aromatic carbocycles. The Bertz CT molecular complexity index is 873. The van der Waals surface area contributed by atoms with Crippen molar-refractivity contribution in [2.45, 2.75) is 26.8 Å². The fourth-order valence-corrected chi connectivity index (χ4v) is 4.25. The molecular weight excluding hydrogens is 352 g/mol. The van der Waals surface area contributed by atoms with E-state index in [9.17, 15) is 5.11 Å². The summed E-state index contributed by atoms with van der Waals surface area (Å²) in [6, 6.07) is 5.67. The summed E-state index contributed by atoms with van der Waals surface area (Å²) in [4.78, 5) is 7.93. The molecule has 3 aromatic rings. The van der Waals surface area contributed by atoms with Crippen LogP contribution in [0.5, 0.6) is 17.4 Å². The van der Waals surface area contributed by atoms with Crippen LogP contribution in [0.3, 0.4) is 0 Å². The molecule has 0 saturated heterocycles. The molecule has 2 heterocycles. The molecule has 0 aliphatic rings. The van der Waals surface area contributed by atoms with Gasteiger partial charge < -0.3 is 14.6 Å². The second-order valence-electron chi connectivity index (χ2n) is 5.68. The van der Waals surface area contributed by atoms with Crippen LogP contribution < -0.4 is 9.47 Å². The highest BCUT2D eigenvalue weighted by molar-refractivity contribution is 7.17. The van der Waals surface area contributed by atoms with Gasteiger partial charge in [-0.3, -0.25) is 4.90 Å². The molecule has 0 saturated carbocycles. The lowest BCUT2D eigenvalue weighted by atomic mass is 10.0. The minimum atomic E-state index is -0.185. The monoisotopic (exact) mass is 376 g/mol. The van der Waals surface area contributed by atoms with Crippen LogP contribution in [0.1, 0.15) is 37.3 Å². The number of nitrogens with zero attached hydrogens (tertiary/aromatic N) is 4. The van der Waals surface area contributed by atoms with Crippen LogP contribution in [0.4, 0.5) is 0 Å². The molecule has 0 fully saturated rings. The van der Waals surface area contributed by atoms with Crippen molar-refractivity contribution < 1.29 is 14.6 Å². The zero-order valence-electron chi connectivity index (χ0n) is 15.5. The number of aromatic nitrogens is 3. The van der Waals surface area contributed by atoms with Crippen molar-refractivity contribution in [1.29, 1.82) is 0 Å². The standard InChI is InChI=1S/C18H24N4O3S/c1-5-21(6-2)14(16-17(23)22-18(26-16)19-11-20-22)12-9-8-10-13(24-4)15(12)25-7-3/h8-11,14,23H,5-7H2,1-4H3. The molecule has 2 aromatic heterocycles. The van der Waals surface area contributed by atoms with Crippen molar-refractivity contribution in [2.24, 2.45) is 0 Å². The smallest absolute Gasteiger partial charge is 0.230 e. The quantitative estimate of drug-likeness (QED) is 0.650. The fourth-order valence-electron chi connectivity index (χ4n) is 3.17. The third-order valence-electron chi connectivity index (χ3n) is 4.38. The van der Waals surface area contributed by atoms with Gasteiger partial charge in [0.05, 0.1) is 24.6 Å². The number of aromatic hydroxyl groups is 1. The highest BCUT2D eigenvalue weighted by Crippen LogP contribution is 2.45. The number of para-hydroxylation sites is 1. The van der Waals surface area contributed by atoms with Gasteiger partial charge in [-0.25, -0.2) is 4.98 Å². The van der Waals surface area contributed by atoms with Gasteiger partial charge in [-0.05, 0) is 26.1 Å². The van der Waals surface area contributed by atoms with Crippen LogP contribution in [-0.4, -0.2) is 51.4 Å². The van der Waals surface area contributed by atoms with Crippen molar-refractivity contribution in [2.75, 3.05) is 26.8 Å². The van der Waals surface area contributed by atoms with Crippen molar-refractivity contribution in [3.05, 3.63) is 35.0 Å². The number of thiazole rings is 1. The van der Waals surface area contributed by atoms with Gasteiger partial charge in [-0.15, -0.1) is 0 Å². The van der Waals surface area contributed by atoms with Gasteiger partial charge in [0.25, 0.3) is 0 Å². The molecule has 0 aliphatic heterocycles. The predicted octanol–water partition coefficient (Wildman–Crippen LogP) is 3.33. The van der Waals surface area contributed by atoms with Crippen molar-refractivity contribution >= 4 is 16.3 Å². The first kappa shape index (κ1) is 18.5. The van der Waals surface area contributed by atoms with E-state index in [1.165, 1.54) is 22.2 Å². The molecule has 26 heavy (non-hydrogen) atoms. The number of methoxy groups -OCH3 is 1. The maximum Gasteiger partial charge on any atom is 0.230 e. The molecule has 1 atom stereocenters. The molecule has 3 rings (SSSR count). The Morgan fingerprint density at radius 2 is 2.04 bits per heavy atom. The minimum absolute atomic E-state index is 0.115. The van der Waals surface area contributed by atoms with E-state index in [2.05, 4.69) is 28.8 Å². The molecular formula is C18H24N4O3S. The summed E-state index contributed by atoms with van der Waals surface area (Å²) in [6.45, 7) is 8.31. The van der Waals surface area contributed by atoms with Gasteiger partial charge >= 0.3 is 0 Å². The van der Waals surface area contributed by atoms with Crippen LogP contribution in [0.15, 0.2) is 24.5 Å². The van der Waals surface area contributed by atoms with E-state index >= 15 is 0 Å². The van der Waals surface area contributed by atoms with E-state index in [1.807, 2.05) is 25.1 Å².